The topological polar surface area (TPSA) is 52.6 Å². The summed E-state index contributed by atoms with van der Waals surface area (Å²) in [5, 5.41) is 0. The number of rotatable bonds is 28. The minimum absolute atomic E-state index is 0. The molecular weight excluding hydrogens is 650 g/mol. The number of unbranched alkanes of at least 4 members (excludes halogenated alkanes) is 20. The molecule has 4 nitrogen and oxygen atoms in total. The Balaban J connectivity index is -0.000000648. The van der Waals surface area contributed by atoms with Crippen LogP contribution in [0.2, 0.25) is 0 Å². The van der Waals surface area contributed by atoms with Crippen LogP contribution in [-0.2, 0) is 19.1 Å². The Kier molecular flexibility index (Phi) is 47.3. The molecule has 0 unspecified atom stereocenters. The van der Waals surface area contributed by atoms with Crippen molar-refractivity contribution >= 4 is 86.1 Å². The van der Waals surface area contributed by atoms with Crippen LogP contribution in [0.5, 0.6) is 0 Å². The molecule has 0 N–H and O–H groups in total. The summed E-state index contributed by atoms with van der Waals surface area (Å²) in [5.41, 5.74) is 0. The van der Waals surface area contributed by atoms with Gasteiger partial charge in [0.1, 0.15) is 13.2 Å². The zero-order valence-electron chi connectivity index (χ0n) is 25.3. The van der Waals surface area contributed by atoms with E-state index in [4.69, 9.17) is 9.47 Å². The summed E-state index contributed by atoms with van der Waals surface area (Å²) in [7, 11) is 0. The maximum absolute atomic E-state index is 11.2. The van der Waals surface area contributed by atoms with Gasteiger partial charge < -0.3 is 9.47 Å². The van der Waals surface area contributed by atoms with Crippen LogP contribution in [-0.4, -0.2) is 85.5 Å². The average molecular weight is 716 g/mol. The van der Waals surface area contributed by atoms with E-state index in [-0.39, 0.29) is 60.8 Å². The van der Waals surface area contributed by atoms with Crippen molar-refractivity contribution in [3.8, 4) is 0 Å². The van der Waals surface area contributed by atoms with Gasteiger partial charge in [0, 0.05) is 24.3 Å². The van der Waals surface area contributed by atoms with Gasteiger partial charge >= 0.3 is 60.8 Å². The number of hydrogen-bond acceptors (Lipinski definition) is 6. The van der Waals surface area contributed by atoms with Gasteiger partial charge in [-0.1, -0.05) is 142 Å². The fourth-order valence-electron chi connectivity index (χ4n) is 4.33. The van der Waals surface area contributed by atoms with Crippen LogP contribution in [0.15, 0.2) is 0 Å². The van der Waals surface area contributed by atoms with Crippen molar-refractivity contribution in [2.45, 2.75) is 168 Å². The van der Waals surface area contributed by atoms with Gasteiger partial charge in [0.05, 0.1) is 0 Å². The average Bonchev–Trinajstić information content (AvgIpc) is 2.92. The number of thiol groups is 2. The fourth-order valence-corrected chi connectivity index (χ4v) is 4.51. The molecule has 0 fully saturated rings. The maximum atomic E-state index is 11.2. The summed E-state index contributed by atoms with van der Waals surface area (Å²) in [4.78, 5) is 22.4. The van der Waals surface area contributed by atoms with E-state index >= 15 is 0 Å². The van der Waals surface area contributed by atoms with E-state index in [1.54, 1.807) is 0 Å². The number of hydrogen-bond donors (Lipinski definition) is 2. The van der Waals surface area contributed by atoms with Gasteiger partial charge in [0.2, 0.25) is 0 Å². The van der Waals surface area contributed by atoms with Crippen molar-refractivity contribution in [3.63, 3.8) is 0 Å². The van der Waals surface area contributed by atoms with Crippen molar-refractivity contribution in [2.75, 3.05) is 24.7 Å². The van der Waals surface area contributed by atoms with E-state index in [1.807, 2.05) is 0 Å². The summed E-state index contributed by atoms with van der Waals surface area (Å²) in [6.45, 7) is 5.41. The Morgan fingerprint density at radius 2 is 0.667 bits per heavy atom. The number of carbonyl (C=O) groups is 2. The first-order chi connectivity index (χ1) is 18.6. The summed E-state index contributed by atoms with van der Waals surface area (Å²) in [5.74, 6) is 1.10. The van der Waals surface area contributed by atoms with E-state index in [1.165, 1.54) is 116 Å². The molecular formula is C32H66BaO4S2. The molecule has 0 aromatic rings. The van der Waals surface area contributed by atoms with Crippen molar-refractivity contribution < 1.29 is 19.1 Å². The Labute approximate surface area is 294 Å². The van der Waals surface area contributed by atoms with Crippen molar-refractivity contribution in [2.24, 2.45) is 0 Å². The normalized spacial score (nSPS) is 10.4. The van der Waals surface area contributed by atoms with Gasteiger partial charge in [0.15, 0.2) is 0 Å². The summed E-state index contributed by atoms with van der Waals surface area (Å²) >= 11 is 8.00. The van der Waals surface area contributed by atoms with Gasteiger partial charge in [-0.3, -0.25) is 9.59 Å². The van der Waals surface area contributed by atoms with E-state index in [0.29, 0.717) is 37.6 Å². The molecule has 0 amide bonds. The van der Waals surface area contributed by atoms with Crippen LogP contribution in [0.3, 0.4) is 0 Å². The molecule has 39 heavy (non-hydrogen) atoms. The van der Waals surface area contributed by atoms with Crippen molar-refractivity contribution in [3.05, 3.63) is 0 Å². The van der Waals surface area contributed by atoms with E-state index in [0.717, 1.165) is 25.7 Å². The van der Waals surface area contributed by atoms with Crippen LogP contribution < -0.4 is 0 Å². The summed E-state index contributed by atoms with van der Waals surface area (Å²) in [6.07, 6.45) is 29.9. The van der Waals surface area contributed by atoms with E-state index in [2.05, 4.69) is 39.1 Å². The molecule has 0 aliphatic carbocycles. The first-order valence-corrected chi connectivity index (χ1v) is 17.4. The Bertz CT molecular complexity index is 439. The third-order valence-corrected chi connectivity index (χ3v) is 7.04. The zero-order chi connectivity index (χ0) is 28.4. The molecule has 0 aromatic carbocycles. The van der Waals surface area contributed by atoms with Gasteiger partial charge in [-0.15, -0.1) is 0 Å². The molecule has 0 saturated heterocycles. The Morgan fingerprint density at radius 1 is 0.436 bits per heavy atom. The Hall–Kier alpha value is 1.21. The first-order valence-electron chi connectivity index (χ1n) is 16.1. The molecule has 0 bridgehead atoms. The minimum atomic E-state index is -0.0648. The number of ether oxygens (including phenoxy) is 2. The van der Waals surface area contributed by atoms with Crippen LogP contribution in [0.1, 0.15) is 168 Å². The second-order valence-electron chi connectivity index (χ2n) is 10.5. The Morgan fingerprint density at radius 3 is 0.897 bits per heavy atom. The predicted molar refractivity (Wildman–Crippen MR) is 180 cm³/mol. The molecule has 0 spiro atoms. The van der Waals surface area contributed by atoms with E-state index < -0.39 is 0 Å². The van der Waals surface area contributed by atoms with Gasteiger partial charge in [0.25, 0.3) is 0 Å². The SMILES string of the molecule is CCCCCCCCCCCCCC(=O)OCCS.CCCCCCCCCCCCCC(=O)OCCS.[BaH2]. The summed E-state index contributed by atoms with van der Waals surface area (Å²) < 4.78 is 9.94. The zero-order valence-corrected chi connectivity index (χ0v) is 27.1. The standard InChI is InChI=1S/2C16H32O2S.Ba.2H/c2*1-2-3-4-5-6-7-8-9-10-11-12-13-16(17)18-14-15-19;;;/h2*19H,2-15H2,1H3;;;. The number of carbonyl (C=O) groups excluding carboxylic acids is 2. The monoisotopic (exact) mass is 716 g/mol. The van der Waals surface area contributed by atoms with E-state index in [9.17, 15) is 9.59 Å². The first kappa shape index (κ1) is 44.7. The quantitative estimate of drug-likeness (QED) is 0.0367. The van der Waals surface area contributed by atoms with Gasteiger partial charge in [-0.05, 0) is 12.8 Å². The molecule has 0 aliphatic heterocycles. The van der Waals surface area contributed by atoms with Gasteiger partial charge in [-0.2, -0.15) is 25.3 Å². The second-order valence-corrected chi connectivity index (χ2v) is 11.4. The van der Waals surface area contributed by atoms with Crippen LogP contribution in [0.25, 0.3) is 0 Å². The van der Waals surface area contributed by atoms with Crippen molar-refractivity contribution in [1.29, 1.82) is 0 Å². The third kappa shape index (κ3) is 43.8. The summed E-state index contributed by atoms with van der Waals surface area (Å²) in [6, 6.07) is 0. The second kappa shape index (κ2) is 41.3. The molecule has 232 valence electrons. The number of esters is 2. The van der Waals surface area contributed by atoms with Crippen LogP contribution in [0.4, 0.5) is 0 Å². The fraction of sp³-hybridized carbons (Fsp3) is 0.938. The molecule has 0 saturated carbocycles. The van der Waals surface area contributed by atoms with Crippen molar-refractivity contribution in [1.82, 2.24) is 0 Å². The third-order valence-electron chi connectivity index (χ3n) is 6.68. The molecule has 0 aliphatic rings. The van der Waals surface area contributed by atoms with Crippen LogP contribution >= 0.6 is 25.3 Å². The molecule has 0 heterocycles. The molecule has 0 rings (SSSR count). The van der Waals surface area contributed by atoms with Gasteiger partial charge in [-0.25, -0.2) is 0 Å². The molecule has 7 heteroatoms. The molecule has 0 atom stereocenters. The van der Waals surface area contributed by atoms with Crippen LogP contribution in [0, 0.1) is 0 Å². The predicted octanol–water partition coefficient (Wildman–Crippen LogP) is 9.40. The molecule has 0 radical (unpaired) electrons. The molecule has 0 aromatic heterocycles.